The fraction of sp³-hybridized carbons (Fsp3) is 0.250. The number of hydrogen-bond acceptors (Lipinski definition) is 4. The van der Waals surface area contributed by atoms with Gasteiger partial charge in [-0.25, -0.2) is 0 Å². The smallest absolute Gasteiger partial charge is 0.271 e. The number of fused-ring (bicyclic) bond motifs is 1. The SMILES string of the molecule is C=CCN(C(=O)c1cc2cccc(C#N)c2n1Cc1ccccc1)C(c1ccccc1)C(OCC)OCC. The summed E-state index contributed by atoms with van der Waals surface area (Å²) in [4.78, 5) is 16.3. The molecule has 0 bridgehead atoms. The number of benzene rings is 3. The van der Waals surface area contributed by atoms with Gasteiger partial charge in [0, 0.05) is 31.7 Å². The fourth-order valence-electron chi connectivity index (χ4n) is 4.82. The summed E-state index contributed by atoms with van der Waals surface area (Å²) in [6.45, 7) is 9.36. The van der Waals surface area contributed by atoms with Crippen molar-refractivity contribution in [2.24, 2.45) is 0 Å². The number of nitriles is 1. The first kappa shape index (κ1) is 26.9. The Morgan fingerprint density at radius 3 is 2.26 bits per heavy atom. The summed E-state index contributed by atoms with van der Waals surface area (Å²) in [6, 6.07) is 28.9. The first-order valence-corrected chi connectivity index (χ1v) is 12.9. The molecule has 0 saturated carbocycles. The van der Waals surface area contributed by atoms with E-state index >= 15 is 0 Å². The van der Waals surface area contributed by atoms with E-state index in [2.05, 4.69) is 12.6 Å². The van der Waals surface area contributed by atoms with Crippen molar-refractivity contribution in [3.05, 3.63) is 120 Å². The van der Waals surface area contributed by atoms with Gasteiger partial charge in [0.25, 0.3) is 5.91 Å². The van der Waals surface area contributed by atoms with Crippen molar-refractivity contribution >= 4 is 16.8 Å². The van der Waals surface area contributed by atoms with E-state index in [1.807, 2.05) is 97.3 Å². The molecule has 0 spiro atoms. The van der Waals surface area contributed by atoms with Gasteiger partial charge in [0.15, 0.2) is 6.29 Å². The third kappa shape index (κ3) is 5.70. The summed E-state index contributed by atoms with van der Waals surface area (Å²) >= 11 is 0. The molecule has 0 N–H and O–H groups in total. The first-order chi connectivity index (χ1) is 18.6. The number of amides is 1. The van der Waals surface area contributed by atoms with Gasteiger partial charge in [-0.05, 0) is 37.1 Å². The van der Waals surface area contributed by atoms with Crippen LogP contribution in [0.1, 0.15) is 47.1 Å². The minimum Gasteiger partial charge on any atom is -0.350 e. The summed E-state index contributed by atoms with van der Waals surface area (Å²) in [5, 5.41) is 10.7. The molecule has 0 radical (unpaired) electrons. The number of carbonyl (C=O) groups excluding carboxylic acids is 1. The van der Waals surface area contributed by atoms with Gasteiger partial charge in [0.05, 0.1) is 11.1 Å². The molecule has 3 aromatic carbocycles. The fourth-order valence-corrected chi connectivity index (χ4v) is 4.82. The quantitative estimate of drug-likeness (QED) is 0.166. The molecule has 1 atom stereocenters. The molecule has 0 saturated heterocycles. The topological polar surface area (TPSA) is 67.5 Å². The summed E-state index contributed by atoms with van der Waals surface area (Å²) < 4.78 is 14.0. The maximum Gasteiger partial charge on any atom is 0.271 e. The van der Waals surface area contributed by atoms with Gasteiger partial charge in [0.2, 0.25) is 0 Å². The van der Waals surface area contributed by atoms with E-state index in [9.17, 15) is 10.1 Å². The number of nitrogens with zero attached hydrogens (tertiary/aromatic N) is 3. The average molecular weight is 508 g/mol. The lowest BCUT2D eigenvalue weighted by molar-refractivity contribution is -0.170. The van der Waals surface area contributed by atoms with Gasteiger partial charge in [0.1, 0.15) is 17.8 Å². The maximum atomic E-state index is 14.5. The van der Waals surface area contributed by atoms with Crippen LogP contribution in [0.25, 0.3) is 10.9 Å². The third-order valence-electron chi connectivity index (χ3n) is 6.43. The highest BCUT2D eigenvalue weighted by molar-refractivity contribution is 6.00. The van der Waals surface area contributed by atoms with Crippen molar-refractivity contribution in [2.75, 3.05) is 19.8 Å². The average Bonchev–Trinajstić information content (AvgIpc) is 3.32. The molecule has 6 heteroatoms. The molecular formula is C32H33N3O3. The van der Waals surface area contributed by atoms with E-state index in [0.717, 1.165) is 22.0 Å². The van der Waals surface area contributed by atoms with E-state index in [0.29, 0.717) is 31.0 Å². The van der Waals surface area contributed by atoms with Gasteiger partial charge >= 0.3 is 0 Å². The Morgan fingerprint density at radius 2 is 1.66 bits per heavy atom. The third-order valence-corrected chi connectivity index (χ3v) is 6.43. The molecule has 0 aliphatic carbocycles. The number of rotatable bonds is 12. The van der Waals surface area contributed by atoms with Crippen molar-refractivity contribution in [3.8, 4) is 6.07 Å². The van der Waals surface area contributed by atoms with Crippen LogP contribution < -0.4 is 0 Å². The Hall–Kier alpha value is -4.18. The van der Waals surface area contributed by atoms with Gasteiger partial charge in [-0.3, -0.25) is 4.79 Å². The second-order valence-corrected chi connectivity index (χ2v) is 8.84. The molecule has 0 aliphatic rings. The molecule has 1 heterocycles. The summed E-state index contributed by atoms with van der Waals surface area (Å²) in [5.74, 6) is -0.195. The van der Waals surface area contributed by atoms with Crippen molar-refractivity contribution in [1.29, 1.82) is 5.26 Å². The molecule has 4 rings (SSSR count). The lowest BCUT2D eigenvalue weighted by atomic mass is 10.0. The lowest BCUT2D eigenvalue weighted by Gasteiger charge is -2.36. The molecule has 4 aromatic rings. The lowest BCUT2D eigenvalue weighted by Crippen LogP contribution is -2.43. The normalized spacial score (nSPS) is 11.8. The van der Waals surface area contributed by atoms with Gasteiger partial charge in [-0.2, -0.15) is 5.26 Å². The number of para-hydroxylation sites is 1. The standard InChI is InChI=1S/C32H33N3O3/c1-4-20-34(30(25-16-11-8-12-17-25)32(37-5-2)38-6-3)31(36)28-21-26-18-13-19-27(22-33)29(26)35(28)23-24-14-9-7-10-15-24/h4,7-19,21,30,32H,1,5-6,20,23H2,2-3H3. The molecule has 194 valence electrons. The molecule has 1 amide bonds. The first-order valence-electron chi connectivity index (χ1n) is 12.9. The summed E-state index contributed by atoms with van der Waals surface area (Å²) in [5.41, 5.74) is 3.68. The van der Waals surface area contributed by atoms with Gasteiger partial charge in [-0.15, -0.1) is 6.58 Å². The number of aromatic nitrogens is 1. The van der Waals surface area contributed by atoms with Crippen LogP contribution in [0, 0.1) is 11.3 Å². The molecule has 1 aromatic heterocycles. The van der Waals surface area contributed by atoms with Crippen LogP contribution in [0.2, 0.25) is 0 Å². The van der Waals surface area contributed by atoms with E-state index in [1.54, 1.807) is 17.0 Å². The molecular weight excluding hydrogens is 474 g/mol. The second-order valence-electron chi connectivity index (χ2n) is 8.84. The Balaban J connectivity index is 1.89. The Bertz CT molecular complexity index is 1400. The van der Waals surface area contributed by atoms with Crippen LogP contribution in [0.4, 0.5) is 0 Å². The predicted molar refractivity (Wildman–Crippen MR) is 150 cm³/mol. The Morgan fingerprint density at radius 1 is 1.00 bits per heavy atom. The van der Waals surface area contributed by atoms with E-state index in [-0.39, 0.29) is 12.5 Å². The molecule has 0 aliphatic heterocycles. The maximum absolute atomic E-state index is 14.5. The molecule has 6 nitrogen and oxygen atoms in total. The monoisotopic (exact) mass is 507 g/mol. The summed E-state index contributed by atoms with van der Waals surface area (Å²) in [7, 11) is 0. The molecule has 0 fully saturated rings. The van der Waals surface area contributed by atoms with Crippen molar-refractivity contribution in [1.82, 2.24) is 9.47 Å². The highest BCUT2D eigenvalue weighted by atomic mass is 16.7. The zero-order valence-electron chi connectivity index (χ0n) is 21.9. The highest BCUT2D eigenvalue weighted by Gasteiger charge is 2.35. The van der Waals surface area contributed by atoms with Crippen molar-refractivity contribution in [2.45, 2.75) is 32.7 Å². The largest absolute Gasteiger partial charge is 0.350 e. The van der Waals surface area contributed by atoms with Gasteiger partial charge in [-0.1, -0.05) is 78.9 Å². The highest BCUT2D eigenvalue weighted by Crippen LogP contribution is 2.32. The molecule has 1 unspecified atom stereocenters. The number of carbonyl (C=O) groups is 1. The van der Waals surface area contributed by atoms with Crippen molar-refractivity contribution < 1.29 is 14.3 Å². The minimum atomic E-state index is -0.669. The van der Waals surface area contributed by atoms with E-state index < -0.39 is 12.3 Å². The minimum absolute atomic E-state index is 0.195. The van der Waals surface area contributed by atoms with E-state index in [4.69, 9.17) is 9.47 Å². The van der Waals surface area contributed by atoms with Crippen LogP contribution in [-0.2, 0) is 16.0 Å². The number of hydrogen-bond donors (Lipinski definition) is 0. The zero-order chi connectivity index (χ0) is 26.9. The van der Waals surface area contributed by atoms with Crippen LogP contribution in [0.3, 0.4) is 0 Å². The Kier molecular flexibility index (Phi) is 9.10. The molecule has 38 heavy (non-hydrogen) atoms. The van der Waals surface area contributed by atoms with E-state index in [1.165, 1.54) is 0 Å². The zero-order valence-corrected chi connectivity index (χ0v) is 21.9. The van der Waals surface area contributed by atoms with Crippen LogP contribution >= 0.6 is 0 Å². The van der Waals surface area contributed by atoms with Crippen molar-refractivity contribution in [3.63, 3.8) is 0 Å². The Labute approximate surface area is 224 Å². The van der Waals surface area contributed by atoms with Crippen LogP contribution in [0.5, 0.6) is 0 Å². The predicted octanol–water partition coefficient (Wildman–Crippen LogP) is 6.33. The summed E-state index contributed by atoms with van der Waals surface area (Å²) in [6.07, 6.45) is 1.05. The van der Waals surface area contributed by atoms with Gasteiger partial charge < -0.3 is 18.9 Å². The van der Waals surface area contributed by atoms with Crippen LogP contribution in [-0.4, -0.2) is 41.4 Å². The van der Waals surface area contributed by atoms with Crippen LogP contribution in [0.15, 0.2) is 97.6 Å². The second kappa shape index (κ2) is 12.9. The number of ether oxygens (including phenoxy) is 2.